The molecule has 11 heteroatoms. The van der Waals surface area contributed by atoms with Crippen LogP contribution in [0.2, 0.25) is 0 Å². The second kappa shape index (κ2) is 10.1. The summed E-state index contributed by atoms with van der Waals surface area (Å²) in [6.07, 6.45) is -4.44. The fourth-order valence-electron chi connectivity index (χ4n) is 2.54. The molecule has 1 fully saturated rings. The van der Waals surface area contributed by atoms with E-state index in [9.17, 15) is 22.8 Å². The molecule has 0 radical (unpaired) electrons. The largest absolute Gasteiger partial charge is 0.405 e. The van der Waals surface area contributed by atoms with Gasteiger partial charge in [0.15, 0.2) is 0 Å². The summed E-state index contributed by atoms with van der Waals surface area (Å²) in [6, 6.07) is 0.644. The van der Waals surface area contributed by atoms with Gasteiger partial charge in [0.25, 0.3) is 5.91 Å². The van der Waals surface area contributed by atoms with Crippen molar-refractivity contribution < 1.29 is 22.8 Å². The molecule has 2 amide bonds. The summed E-state index contributed by atoms with van der Waals surface area (Å²) >= 11 is 1.22. The average Bonchev–Trinajstić information content (AvgIpc) is 3.09. The van der Waals surface area contributed by atoms with Gasteiger partial charge in [0.1, 0.15) is 12.1 Å². The third-order valence-electron chi connectivity index (χ3n) is 3.93. The minimum absolute atomic E-state index is 0. The Morgan fingerprint density at radius 3 is 2.54 bits per heavy atom. The molecule has 3 N–H and O–H groups in total. The molecule has 1 aliphatic rings. The van der Waals surface area contributed by atoms with Crippen LogP contribution in [0.25, 0.3) is 0 Å². The molecule has 0 spiro atoms. The Morgan fingerprint density at radius 2 is 2.00 bits per heavy atom. The van der Waals surface area contributed by atoms with Crippen LogP contribution in [0.15, 0.2) is 17.5 Å². The number of carbonyl (C=O) groups excluding carboxylic acids is 2. The van der Waals surface area contributed by atoms with E-state index in [0.29, 0.717) is 18.0 Å². The number of rotatable bonds is 6. The average molecular weight is 415 g/mol. The van der Waals surface area contributed by atoms with E-state index in [1.54, 1.807) is 17.5 Å². The molecule has 1 aromatic rings. The van der Waals surface area contributed by atoms with Gasteiger partial charge < -0.3 is 16.0 Å². The van der Waals surface area contributed by atoms with Crippen LogP contribution >= 0.6 is 23.7 Å². The number of amides is 2. The van der Waals surface area contributed by atoms with Gasteiger partial charge in [0, 0.05) is 32.7 Å². The number of halogens is 4. The van der Waals surface area contributed by atoms with Crippen molar-refractivity contribution in [3.63, 3.8) is 0 Å². The lowest BCUT2D eigenvalue weighted by Gasteiger charge is -2.36. The second-order valence-electron chi connectivity index (χ2n) is 5.76. The Balaban J connectivity index is 0.00000338. The van der Waals surface area contributed by atoms with Gasteiger partial charge in [0.2, 0.25) is 5.91 Å². The van der Waals surface area contributed by atoms with Gasteiger partial charge in [-0.3, -0.25) is 14.5 Å². The van der Waals surface area contributed by atoms with Crippen LogP contribution in [-0.4, -0.2) is 67.7 Å². The van der Waals surface area contributed by atoms with E-state index in [2.05, 4.69) is 16.0 Å². The minimum atomic E-state index is -4.44. The van der Waals surface area contributed by atoms with Crippen molar-refractivity contribution >= 4 is 35.6 Å². The number of carbonyl (C=O) groups is 2. The summed E-state index contributed by atoms with van der Waals surface area (Å²) in [5.41, 5.74) is 0. The van der Waals surface area contributed by atoms with Gasteiger partial charge in [-0.25, -0.2) is 0 Å². The van der Waals surface area contributed by atoms with E-state index in [0.717, 1.165) is 0 Å². The number of alkyl halides is 3. The van der Waals surface area contributed by atoms with Gasteiger partial charge in [-0.2, -0.15) is 13.2 Å². The first-order chi connectivity index (χ1) is 11.8. The predicted octanol–water partition coefficient (Wildman–Crippen LogP) is 1.24. The first-order valence-electron chi connectivity index (χ1n) is 7.92. The van der Waals surface area contributed by atoms with E-state index in [4.69, 9.17) is 0 Å². The summed E-state index contributed by atoms with van der Waals surface area (Å²) in [5.74, 6) is -1.07. The van der Waals surface area contributed by atoms with E-state index < -0.39 is 36.6 Å². The van der Waals surface area contributed by atoms with Crippen molar-refractivity contribution in [2.75, 3.05) is 32.7 Å². The molecule has 0 saturated carbocycles. The number of nitrogens with zero attached hydrogens (tertiary/aromatic N) is 1. The Kier molecular flexibility index (Phi) is 8.81. The highest BCUT2D eigenvalue weighted by molar-refractivity contribution is 7.12. The zero-order valence-electron chi connectivity index (χ0n) is 14.1. The Labute approximate surface area is 159 Å². The van der Waals surface area contributed by atoms with Crippen LogP contribution in [0.5, 0.6) is 0 Å². The molecule has 0 aliphatic carbocycles. The minimum Gasteiger partial charge on any atom is -0.352 e. The molecule has 1 aliphatic heterocycles. The molecule has 0 bridgehead atoms. The van der Waals surface area contributed by atoms with Gasteiger partial charge in [0.05, 0.1) is 4.88 Å². The van der Waals surface area contributed by atoms with Crippen LogP contribution < -0.4 is 16.0 Å². The van der Waals surface area contributed by atoms with Crippen molar-refractivity contribution in [2.45, 2.75) is 25.2 Å². The van der Waals surface area contributed by atoms with Crippen LogP contribution in [-0.2, 0) is 4.79 Å². The SMILES string of the molecule is CC(NC(=O)c1cccs1)C(=O)NCC(N1CCNCC1)C(F)(F)F.Cl. The number of hydrogen-bond acceptors (Lipinski definition) is 5. The summed E-state index contributed by atoms with van der Waals surface area (Å²) in [5, 5.41) is 9.50. The fourth-order valence-corrected chi connectivity index (χ4v) is 3.16. The first-order valence-corrected chi connectivity index (χ1v) is 8.80. The maximum atomic E-state index is 13.3. The zero-order chi connectivity index (χ0) is 18.4. The number of piperazine rings is 1. The zero-order valence-corrected chi connectivity index (χ0v) is 15.8. The van der Waals surface area contributed by atoms with Crippen LogP contribution in [0.4, 0.5) is 13.2 Å². The van der Waals surface area contributed by atoms with Crippen LogP contribution in [0.1, 0.15) is 16.6 Å². The lowest BCUT2D eigenvalue weighted by molar-refractivity contribution is -0.184. The molecule has 6 nitrogen and oxygen atoms in total. The monoisotopic (exact) mass is 414 g/mol. The lowest BCUT2D eigenvalue weighted by atomic mass is 10.2. The molecule has 148 valence electrons. The molecular weight excluding hydrogens is 393 g/mol. The highest BCUT2D eigenvalue weighted by Gasteiger charge is 2.44. The van der Waals surface area contributed by atoms with Crippen molar-refractivity contribution in [2.24, 2.45) is 0 Å². The maximum absolute atomic E-state index is 13.3. The summed E-state index contributed by atoms with van der Waals surface area (Å²) in [4.78, 5) is 25.7. The smallest absolute Gasteiger partial charge is 0.352 e. The second-order valence-corrected chi connectivity index (χ2v) is 6.71. The molecule has 2 heterocycles. The van der Waals surface area contributed by atoms with Crippen LogP contribution in [0.3, 0.4) is 0 Å². The van der Waals surface area contributed by atoms with E-state index >= 15 is 0 Å². The topological polar surface area (TPSA) is 73.5 Å². The van der Waals surface area contributed by atoms with E-state index in [1.807, 2.05) is 0 Å². The molecule has 1 saturated heterocycles. The third-order valence-corrected chi connectivity index (χ3v) is 4.79. The Bertz CT molecular complexity index is 580. The normalized spacial score (nSPS) is 17.7. The lowest BCUT2D eigenvalue weighted by Crippen LogP contribution is -2.58. The molecule has 2 unspecified atom stereocenters. The number of hydrogen-bond donors (Lipinski definition) is 3. The highest BCUT2D eigenvalue weighted by atomic mass is 35.5. The van der Waals surface area contributed by atoms with Crippen LogP contribution in [0, 0.1) is 0 Å². The van der Waals surface area contributed by atoms with Crippen molar-refractivity contribution in [1.82, 2.24) is 20.9 Å². The number of nitrogens with one attached hydrogen (secondary N) is 3. The van der Waals surface area contributed by atoms with E-state index in [-0.39, 0.29) is 25.5 Å². The molecule has 2 rings (SSSR count). The molecule has 1 aromatic heterocycles. The third kappa shape index (κ3) is 6.42. The van der Waals surface area contributed by atoms with Gasteiger partial charge >= 0.3 is 6.18 Å². The molecule has 0 aromatic carbocycles. The summed E-state index contributed by atoms with van der Waals surface area (Å²) < 4.78 is 39.8. The quantitative estimate of drug-likeness (QED) is 0.655. The van der Waals surface area contributed by atoms with Crippen molar-refractivity contribution in [3.05, 3.63) is 22.4 Å². The fraction of sp³-hybridized carbons (Fsp3) is 0.600. The standard InChI is InChI=1S/C15H21F3N4O2S.ClH/c1-10(21-14(24)11-3-2-8-25-11)13(23)20-9-12(15(16,17)18)22-6-4-19-5-7-22;/h2-3,8,10,12,19H,4-7,9H2,1H3,(H,20,23)(H,21,24);1H. The predicted molar refractivity (Wildman–Crippen MR) is 95.8 cm³/mol. The van der Waals surface area contributed by atoms with Gasteiger partial charge in [-0.1, -0.05) is 6.07 Å². The van der Waals surface area contributed by atoms with Gasteiger partial charge in [-0.05, 0) is 18.4 Å². The van der Waals surface area contributed by atoms with Crippen molar-refractivity contribution in [3.8, 4) is 0 Å². The Morgan fingerprint density at radius 1 is 1.35 bits per heavy atom. The number of thiophene rings is 1. The Hall–Kier alpha value is -1.36. The van der Waals surface area contributed by atoms with Gasteiger partial charge in [-0.15, -0.1) is 23.7 Å². The highest BCUT2D eigenvalue weighted by Crippen LogP contribution is 2.24. The van der Waals surface area contributed by atoms with Crippen molar-refractivity contribution in [1.29, 1.82) is 0 Å². The maximum Gasteiger partial charge on any atom is 0.405 e. The first kappa shape index (κ1) is 22.7. The van der Waals surface area contributed by atoms with E-state index in [1.165, 1.54) is 23.2 Å². The molecule has 26 heavy (non-hydrogen) atoms. The molecule has 2 atom stereocenters. The molecular formula is C15H22ClF3N4O2S. The summed E-state index contributed by atoms with van der Waals surface area (Å²) in [7, 11) is 0. The summed E-state index contributed by atoms with van der Waals surface area (Å²) in [6.45, 7) is 2.40.